The van der Waals surface area contributed by atoms with Crippen molar-refractivity contribution in [1.82, 2.24) is 0 Å². The standard InChI is InChI=1S/C18H30N2.C17H28N2.2C2H6/c1-12(2)16-13(3)14(4)18(15(5)17(16)19-6)20-10-8-7-9-11-20;1-11(2)15-12(3)13(4)17(14(5)16(15)18-6)19-9-7-8-10-19;2*1-2/h12,19H,7-11H2,1-6H3;11,18H,7-10H2,1-6H3;2*1-2H3. The Morgan fingerprint density at radius 1 is 0.442 bits per heavy atom. The molecule has 0 aliphatic carbocycles. The summed E-state index contributed by atoms with van der Waals surface area (Å²) in [4.78, 5) is 5.18. The van der Waals surface area contributed by atoms with E-state index in [1.807, 2.05) is 27.7 Å². The van der Waals surface area contributed by atoms with Gasteiger partial charge in [-0.3, -0.25) is 0 Å². The van der Waals surface area contributed by atoms with Crippen LogP contribution in [0.15, 0.2) is 0 Å². The molecule has 4 rings (SSSR count). The monoisotopic (exact) mass is 595 g/mol. The minimum atomic E-state index is 0.560. The number of nitrogens with zero attached hydrogens (tertiary/aromatic N) is 2. The van der Waals surface area contributed by atoms with Gasteiger partial charge < -0.3 is 20.4 Å². The van der Waals surface area contributed by atoms with Crippen LogP contribution in [0, 0.1) is 41.5 Å². The number of benzene rings is 2. The smallest absolute Gasteiger partial charge is 0.0449 e. The van der Waals surface area contributed by atoms with Gasteiger partial charge in [-0.1, -0.05) is 55.4 Å². The highest BCUT2D eigenvalue weighted by atomic mass is 15.2. The van der Waals surface area contributed by atoms with Crippen molar-refractivity contribution >= 4 is 22.7 Å². The molecule has 0 unspecified atom stereocenters. The number of anilines is 4. The highest BCUT2D eigenvalue weighted by Crippen LogP contribution is 2.42. The van der Waals surface area contributed by atoms with E-state index in [0.717, 1.165) is 0 Å². The largest absolute Gasteiger partial charge is 0.388 e. The van der Waals surface area contributed by atoms with Gasteiger partial charge in [0.1, 0.15) is 0 Å². The zero-order valence-electron chi connectivity index (χ0n) is 31.4. The Balaban J connectivity index is 0.000000386. The van der Waals surface area contributed by atoms with Crippen LogP contribution in [-0.4, -0.2) is 40.3 Å². The maximum atomic E-state index is 3.47. The fourth-order valence-corrected chi connectivity index (χ4v) is 7.43. The minimum Gasteiger partial charge on any atom is -0.388 e. The van der Waals surface area contributed by atoms with E-state index in [1.165, 1.54) is 126 Å². The summed E-state index contributed by atoms with van der Waals surface area (Å²) in [5.41, 5.74) is 17.4. The zero-order chi connectivity index (χ0) is 33.0. The molecule has 0 atom stereocenters. The topological polar surface area (TPSA) is 30.5 Å². The summed E-state index contributed by atoms with van der Waals surface area (Å²) in [6, 6.07) is 0. The van der Waals surface area contributed by atoms with E-state index in [4.69, 9.17) is 0 Å². The number of nitrogens with one attached hydrogen (secondary N) is 2. The van der Waals surface area contributed by atoms with Crippen LogP contribution in [0.1, 0.15) is 144 Å². The van der Waals surface area contributed by atoms with Gasteiger partial charge in [-0.15, -0.1) is 0 Å². The van der Waals surface area contributed by atoms with E-state index < -0.39 is 0 Å². The third-order valence-corrected chi connectivity index (χ3v) is 9.39. The molecule has 246 valence electrons. The number of rotatable bonds is 6. The fraction of sp³-hybridized carbons (Fsp3) is 0.692. The molecule has 4 heteroatoms. The van der Waals surface area contributed by atoms with E-state index in [9.17, 15) is 0 Å². The average Bonchev–Trinajstić information content (AvgIpc) is 3.54. The van der Waals surface area contributed by atoms with Gasteiger partial charge in [-0.05, 0) is 130 Å². The van der Waals surface area contributed by atoms with Crippen molar-refractivity contribution in [1.29, 1.82) is 0 Å². The Hall–Kier alpha value is -2.36. The first-order chi connectivity index (χ1) is 20.5. The molecule has 2 heterocycles. The van der Waals surface area contributed by atoms with E-state index in [-0.39, 0.29) is 0 Å². The van der Waals surface area contributed by atoms with Crippen molar-refractivity contribution in [2.75, 3.05) is 60.7 Å². The summed E-state index contributed by atoms with van der Waals surface area (Å²) in [6.45, 7) is 35.8. The summed E-state index contributed by atoms with van der Waals surface area (Å²) >= 11 is 0. The van der Waals surface area contributed by atoms with Crippen LogP contribution in [0.3, 0.4) is 0 Å². The van der Waals surface area contributed by atoms with E-state index in [2.05, 4.69) is 104 Å². The first-order valence-corrected chi connectivity index (χ1v) is 17.6. The maximum Gasteiger partial charge on any atom is 0.0449 e. The van der Waals surface area contributed by atoms with E-state index in [1.54, 1.807) is 0 Å². The van der Waals surface area contributed by atoms with Crippen molar-refractivity contribution in [3.8, 4) is 0 Å². The lowest BCUT2D eigenvalue weighted by atomic mass is 9.88. The molecule has 2 aromatic carbocycles. The third kappa shape index (κ3) is 8.64. The summed E-state index contributed by atoms with van der Waals surface area (Å²) in [5.74, 6) is 1.12. The van der Waals surface area contributed by atoms with Crippen LogP contribution < -0.4 is 20.4 Å². The van der Waals surface area contributed by atoms with Crippen molar-refractivity contribution < 1.29 is 0 Å². The van der Waals surface area contributed by atoms with Crippen LogP contribution >= 0.6 is 0 Å². The van der Waals surface area contributed by atoms with Gasteiger partial charge in [-0.2, -0.15) is 0 Å². The highest BCUT2D eigenvalue weighted by Gasteiger charge is 2.24. The zero-order valence-corrected chi connectivity index (χ0v) is 31.4. The van der Waals surface area contributed by atoms with Gasteiger partial charge in [0.15, 0.2) is 0 Å². The van der Waals surface area contributed by atoms with Crippen LogP contribution in [-0.2, 0) is 0 Å². The summed E-state index contributed by atoms with van der Waals surface area (Å²) in [7, 11) is 4.11. The Morgan fingerprint density at radius 2 is 0.721 bits per heavy atom. The second kappa shape index (κ2) is 18.4. The summed E-state index contributed by atoms with van der Waals surface area (Å²) in [6.07, 6.45) is 6.71. The van der Waals surface area contributed by atoms with E-state index in [0.29, 0.717) is 11.8 Å². The molecular weight excluding hydrogens is 524 g/mol. The molecule has 43 heavy (non-hydrogen) atoms. The maximum absolute atomic E-state index is 3.47. The van der Waals surface area contributed by atoms with E-state index >= 15 is 0 Å². The normalized spacial score (nSPS) is 14.5. The minimum absolute atomic E-state index is 0.560. The van der Waals surface area contributed by atoms with Gasteiger partial charge in [0.2, 0.25) is 0 Å². The number of hydrogen-bond donors (Lipinski definition) is 2. The molecule has 4 nitrogen and oxygen atoms in total. The quantitative estimate of drug-likeness (QED) is 0.348. The van der Waals surface area contributed by atoms with Crippen molar-refractivity contribution in [3.05, 3.63) is 44.5 Å². The molecule has 0 saturated carbocycles. The van der Waals surface area contributed by atoms with Crippen LogP contribution in [0.2, 0.25) is 0 Å². The molecule has 2 saturated heterocycles. The highest BCUT2D eigenvalue weighted by molar-refractivity contribution is 5.77. The van der Waals surface area contributed by atoms with Gasteiger partial charge in [-0.25, -0.2) is 0 Å². The molecule has 0 spiro atoms. The lowest BCUT2D eigenvalue weighted by Gasteiger charge is -2.34. The second-order valence-corrected chi connectivity index (χ2v) is 12.6. The molecule has 2 aliphatic rings. The summed E-state index contributed by atoms with van der Waals surface area (Å²) in [5, 5.41) is 6.92. The first kappa shape index (κ1) is 38.7. The molecule has 2 fully saturated rings. The van der Waals surface area contributed by atoms with Crippen LogP contribution in [0.5, 0.6) is 0 Å². The molecular formula is C39H70N4. The van der Waals surface area contributed by atoms with Gasteiger partial charge in [0.05, 0.1) is 0 Å². The van der Waals surface area contributed by atoms with Crippen molar-refractivity contribution in [2.24, 2.45) is 0 Å². The van der Waals surface area contributed by atoms with Gasteiger partial charge in [0.25, 0.3) is 0 Å². The second-order valence-electron chi connectivity index (χ2n) is 12.6. The summed E-state index contributed by atoms with van der Waals surface area (Å²) < 4.78 is 0. The van der Waals surface area contributed by atoms with Gasteiger partial charge in [0, 0.05) is 63.0 Å². The van der Waals surface area contributed by atoms with Crippen molar-refractivity contribution in [3.63, 3.8) is 0 Å². The lowest BCUT2D eigenvalue weighted by molar-refractivity contribution is 0.576. The average molecular weight is 595 g/mol. The van der Waals surface area contributed by atoms with Crippen molar-refractivity contribution in [2.45, 2.75) is 141 Å². The molecule has 0 bridgehead atoms. The Kier molecular flexibility index (Phi) is 16.6. The molecule has 2 N–H and O–H groups in total. The predicted molar refractivity (Wildman–Crippen MR) is 199 cm³/mol. The Labute approximate surface area is 268 Å². The molecule has 0 radical (unpaired) electrons. The number of hydrogen-bond acceptors (Lipinski definition) is 4. The Morgan fingerprint density at radius 3 is 0.977 bits per heavy atom. The molecule has 2 aromatic rings. The lowest BCUT2D eigenvalue weighted by Crippen LogP contribution is -2.31. The molecule has 0 amide bonds. The number of piperidine rings is 1. The molecule has 0 aromatic heterocycles. The van der Waals surface area contributed by atoms with Gasteiger partial charge >= 0.3 is 0 Å². The molecule has 2 aliphatic heterocycles. The SMILES string of the molecule is CC.CC.CNc1c(C)c(N2CCCC2)c(C)c(C)c1C(C)C.CNc1c(C)c(N2CCCCC2)c(C)c(C)c1C(C)C. The Bertz CT molecular complexity index is 1130. The first-order valence-electron chi connectivity index (χ1n) is 17.6. The fourth-order valence-electron chi connectivity index (χ4n) is 7.43. The third-order valence-electron chi connectivity index (χ3n) is 9.39. The van der Waals surface area contributed by atoms with Crippen LogP contribution in [0.4, 0.5) is 22.7 Å². The predicted octanol–water partition coefficient (Wildman–Crippen LogP) is 11.2. The van der Waals surface area contributed by atoms with Crippen LogP contribution in [0.25, 0.3) is 0 Å².